The fourth-order valence-corrected chi connectivity index (χ4v) is 5.46. The van der Waals surface area contributed by atoms with Crippen LogP contribution in [0.4, 0.5) is 15.3 Å². The summed E-state index contributed by atoms with van der Waals surface area (Å²) in [5.41, 5.74) is 2.10. The third-order valence-corrected chi connectivity index (χ3v) is 7.88. The average Bonchev–Trinajstić information content (AvgIpc) is 3.40. The van der Waals surface area contributed by atoms with E-state index in [2.05, 4.69) is 20.4 Å². The van der Waals surface area contributed by atoms with E-state index < -0.39 is 28.2 Å². The smallest absolute Gasteiger partial charge is 0.411 e. The van der Waals surface area contributed by atoms with Crippen LogP contribution in [0.1, 0.15) is 17.4 Å². The van der Waals surface area contributed by atoms with Crippen molar-refractivity contribution < 1.29 is 22.7 Å². The molecule has 1 heterocycles. The second kappa shape index (κ2) is 12.2. The van der Waals surface area contributed by atoms with Gasteiger partial charge < -0.3 is 14.6 Å². The standard InChI is InChI=1S/C26H23Cl2N5O5S/c1-38-26(35)30-18-10-12-19(13-11-18)33-15-14-29-24(33)21(16-17-6-3-2-4-7-17)31-25(34)32-39(36,37)22-9-5-8-20(27)23(22)28/h2-15,21H,16H2,1H3,(H,30,35)(H2,31,32,34)/t21-/m0/s1. The maximum absolute atomic E-state index is 13.0. The third-order valence-electron chi connectivity index (χ3n) is 5.58. The van der Waals surface area contributed by atoms with Gasteiger partial charge in [-0.05, 0) is 48.4 Å². The molecular weight excluding hydrogens is 565 g/mol. The van der Waals surface area contributed by atoms with Crippen LogP contribution in [0.2, 0.25) is 10.0 Å². The van der Waals surface area contributed by atoms with E-state index in [-0.39, 0.29) is 14.9 Å². The van der Waals surface area contributed by atoms with Crippen LogP contribution in [0.25, 0.3) is 5.69 Å². The molecule has 1 aromatic heterocycles. The van der Waals surface area contributed by atoms with Crippen molar-refractivity contribution in [2.75, 3.05) is 12.4 Å². The molecule has 0 bridgehead atoms. The second-order valence-corrected chi connectivity index (χ2v) is 10.6. The number of rotatable bonds is 8. The first-order chi connectivity index (χ1) is 18.7. The van der Waals surface area contributed by atoms with Gasteiger partial charge in [-0.15, -0.1) is 0 Å². The van der Waals surface area contributed by atoms with Crippen LogP contribution < -0.4 is 15.4 Å². The molecule has 0 aliphatic carbocycles. The van der Waals surface area contributed by atoms with Gasteiger partial charge in [-0.2, -0.15) is 0 Å². The first kappa shape index (κ1) is 28.0. The number of methoxy groups -OCH3 is 1. The van der Waals surface area contributed by atoms with Gasteiger partial charge in [0, 0.05) is 23.8 Å². The molecule has 3 N–H and O–H groups in total. The molecule has 10 nitrogen and oxygen atoms in total. The summed E-state index contributed by atoms with van der Waals surface area (Å²) in [6.07, 6.45) is 2.98. The highest BCUT2D eigenvalue weighted by molar-refractivity contribution is 7.90. The molecule has 4 rings (SSSR count). The largest absolute Gasteiger partial charge is 0.453 e. The van der Waals surface area contributed by atoms with Crippen molar-refractivity contribution in [1.29, 1.82) is 0 Å². The van der Waals surface area contributed by atoms with Crippen LogP contribution >= 0.6 is 23.2 Å². The topological polar surface area (TPSA) is 131 Å². The van der Waals surface area contributed by atoms with Crippen molar-refractivity contribution in [2.24, 2.45) is 0 Å². The lowest BCUT2D eigenvalue weighted by molar-refractivity contribution is 0.187. The van der Waals surface area contributed by atoms with E-state index in [1.807, 2.05) is 35.1 Å². The number of urea groups is 1. The van der Waals surface area contributed by atoms with Crippen molar-refractivity contribution in [2.45, 2.75) is 17.4 Å². The first-order valence-corrected chi connectivity index (χ1v) is 13.7. The summed E-state index contributed by atoms with van der Waals surface area (Å²) in [4.78, 5) is 28.6. The fraction of sp³-hybridized carbons (Fsp3) is 0.115. The summed E-state index contributed by atoms with van der Waals surface area (Å²) >= 11 is 12.0. The van der Waals surface area contributed by atoms with E-state index in [4.69, 9.17) is 23.2 Å². The van der Waals surface area contributed by atoms with E-state index in [1.165, 1.54) is 25.3 Å². The molecule has 0 radical (unpaired) electrons. The quantitative estimate of drug-likeness (QED) is 0.255. The highest BCUT2D eigenvalue weighted by Gasteiger charge is 2.26. The van der Waals surface area contributed by atoms with Gasteiger partial charge in [0.25, 0.3) is 10.0 Å². The SMILES string of the molecule is COC(=O)Nc1ccc(-n2ccnc2[C@H](Cc2ccccc2)NC(=O)NS(=O)(=O)c2cccc(Cl)c2Cl)cc1. The Kier molecular flexibility index (Phi) is 8.75. The van der Waals surface area contributed by atoms with Gasteiger partial charge in [-0.3, -0.25) is 5.32 Å². The second-order valence-electron chi connectivity index (χ2n) is 8.19. The summed E-state index contributed by atoms with van der Waals surface area (Å²) in [7, 11) is -3.06. The van der Waals surface area contributed by atoms with Gasteiger partial charge in [0.05, 0.1) is 23.2 Å². The average molecular weight is 588 g/mol. The van der Waals surface area contributed by atoms with Crippen molar-refractivity contribution in [3.05, 3.63) is 107 Å². The summed E-state index contributed by atoms with van der Waals surface area (Å²) < 4.78 is 34.1. The molecule has 39 heavy (non-hydrogen) atoms. The van der Waals surface area contributed by atoms with Crippen LogP contribution in [-0.4, -0.2) is 37.2 Å². The molecule has 0 saturated carbocycles. The van der Waals surface area contributed by atoms with E-state index >= 15 is 0 Å². The Morgan fingerprint density at radius 2 is 1.72 bits per heavy atom. The number of anilines is 1. The zero-order valence-electron chi connectivity index (χ0n) is 20.5. The van der Waals surface area contributed by atoms with E-state index in [0.29, 0.717) is 23.6 Å². The number of sulfonamides is 1. The number of amides is 3. The number of aromatic nitrogens is 2. The lowest BCUT2D eigenvalue weighted by Crippen LogP contribution is -2.42. The summed E-state index contributed by atoms with van der Waals surface area (Å²) in [6.45, 7) is 0. The number of benzene rings is 3. The van der Waals surface area contributed by atoms with Crippen LogP contribution in [0.3, 0.4) is 0 Å². The van der Waals surface area contributed by atoms with Crippen molar-refractivity contribution >= 4 is 51.0 Å². The van der Waals surface area contributed by atoms with Crippen molar-refractivity contribution in [1.82, 2.24) is 19.6 Å². The summed E-state index contributed by atoms with van der Waals surface area (Å²) in [6, 6.07) is 18.6. The minimum atomic E-state index is -4.33. The number of carbonyl (C=O) groups is 2. The molecule has 0 saturated heterocycles. The Labute approximate surface area is 235 Å². The molecule has 3 aromatic carbocycles. The molecule has 0 spiro atoms. The summed E-state index contributed by atoms with van der Waals surface area (Å²) in [5, 5.41) is 5.14. The molecule has 1 atom stereocenters. The number of halogens is 2. The lowest BCUT2D eigenvalue weighted by Gasteiger charge is -2.21. The molecule has 3 amide bonds. The van der Waals surface area contributed by atoms with Crippen LogP contribution in [-0.2, 0) is 21.2 Å². The molecule has 0 aliphatic rings. The Bertz CT molecular complexity index is 1580. The van der Waals surface area contributed by atoms with Gasteiger partial charge in [0.15, 0.2) is 0 Å². The number of carbonyl (C=O) groups excluding carboxylic acids is 2. The molecule has 4 aromatic rings. The van der Waals surface area contributed by atoms with Gasteiger partial charge >= 0.3 is 12.1 Å². The Morgan fingerprint density at radius 1 is 1.00 bits per heavy atom. The zero-order chi connectivity index (χ0) is 28.0. The monoisotopic (exact) mass is 587 g/mol. The molecule has 0 unspecified atom stereocenters. The lowest BCUT2D eigenvalue weighted by atomic mass is 10.1. The van der Waals surface area contributed by atoms with Gasteiger partial charge in [-0.1, -0.05) is 59.6 Å². The number of hydrogen-bond donors (Lipinski definition) is 3. The maximum Gasteiger partial charge on any atom is 0.411 e. The maximum atomic E-state index is 13.0. The Hall–Kier alpha value is -4.06. The normalized spacial score (nSPS) is 11.9. The predicted octanol–water partition coefficient (Wildman–Crippen LogP) is 5.33. The summed E-state index contributed by atoms with van der Waals surface area (Å²) in [5.74, 6) is 0.445. The highest BCUT2D eigenvalue weighted by Crippen LogP contribution is 2.29. The molecule has 0 fully saturated rings. The number of hydrogen-bond acceptors (Lipinski definition) is 6. The zero-order valence-corrected chi connectivity index (χ0v) is 22.8. The number of imidazole rings is 1. The van der Waals surface area contributed by atoms with Gasteiger partial charge in [0.2, 0.25) is 0 Å². The van der Waals surface area contributed by atoms with E-state index in [0.717, 1.165) is 5.56 Å². The molecule has 13 heteroatoms. The van der Waals surface area contributed by atoms with Gasteiger partial charge in [0.1, 0.15) is 10.7 Å². The fourth-order valence-electron chi connectivity index (χ4n) is 3.78. The molecular formula is C26H23Cl2N5O5S. The third kappa shape index (κ3) is 6.88. The number of nitrogens with one attached hydrogen (secondary N) is 3. The minimum absolute atomic E-state index is 0.0386. The van der Waals surface area contributed by atoms with E-state index in [1.54, 1.807) is 41.2 Å². The first-order valence-electron chi connectivity index (χ1n) is 11.5. The van der Waals surface area contributed by atoms with Crippen molar-refractivity contribution in [3.8, 4) is 5.69 Å². The van der Waals surface area contributed by atoms with Gasteiger partial charge in [-0.25, -0.2) is 27.7 Å². The molecule has 202 valence electrons. The highest BCUT2D eigenvalue weighted by atomic mass is 35.5. The van der Waals surface area contributed by atoms with Crippen LogP contribution in [0, 0.1) is 0 Å². The Morgan fingerprint density at radius 3 is 2.41 bits per heavy atom. The van der Waals surface area contributed by atoms with Crippen LogP contribution in [0.5, 0.6) is 0 Å². The number of nitrogens with zero attached hydrogens (tertiary/aromatic N) is 2. The number of ether oxygens (including phenoxy) is 1. The van der Waals surface area contributed by atoms with Crippen molar-refractivity contribution in [3.63, 3.8) is 0 Å². The minimum Gasteiger partial charge on any atom is -0.453 e. The Balaban J connectivity index is 1.61. The van der Waals surface area contributed by atoms with E-state index in [9.17, 15) is 18.0 Å². The van der Waals surface area contributed by atoms with Crippen LogP contribution in [0.15, 0.2) is 90.1 Å². The molecule has 0 aliphatic heterocycles. The predicted molar refractivity (Wildman–Crippen MR) is 148 cm³/mol.